The number of carbonyl (C=O) groups is 3. The molecular weight excluding hydrogens is 397 g/mol. The smallest absolute Gasteiger partial charge is 0.323 e. The van der Waals surface area contributed by atoms with E-state index in [2.05, 4.69) is 5.32 Å². The number of hydrogen-bond acceptors (Lipinski definition) is 3. The molecule has 1 aliphatic heterocycles. The molecule has 3 amide bonds. The van der Waals surface area contributed by atoms with Crippen LogP contribution in [0.3, 0.4) is 0 Å². The van der Waals surface area contributed by atoms with Crippen molar-refractivity contribution in [2.75, 3.05) is 6.54 Å². The van der Waals surface area contributed by atoms with Gasteiger partial charge in [-0.05, 0) is 63.8 Å². The van der Waals surface area contributed by atoms with E-state index in [4.69, 9.17) is 11.6 Å². The number of hydrogen-bond donors (Lipinski definition) is 1. The Balaban J connectivity index is 1.61. The molecule has 152 valence electrons. The number of urea groups is 1. The number of ketones is 1. The first-order valence-corrected chi connectivity index (χ1v) is 9.83. The van der Waals surface area contributed by atoms with Gasteiger partial charge in [-0.15, -0.1) is 0 Å². The maximum absolute atomic E-state index is 13.5. The molecule has 1 aromatic carbocycles. The highest BCUT2D eigenvalue weighted by molar-refractivity contribution is 6.30. The van der Waals surface area contributed by atoms with E-state index in [-0.39, 0.29) is 29.2 Å². The van der Waals surface area contributed by atoms with Gasteiger partial charge in [0.2, 0.25) is 0 Å². The largest absolute Gasteiger partial charge is 0.325 e. The number of Topliss-reactive ketones (excluding diaryl/α,β-unsaturated/α-hetero) is 1. The molecule has 4 rings (SSSR count). The van der Waals surface area contributed by atoms with Gasteiger partial charge in [0, 0.05) is 22.6 Å². The number of nitrogens with zero attached hydrogens (tertiary/aromatic N) is 2. The molecule has 2 aromatic rings. The van der Waals surface area contributed by atoms with Crippen LogP contribution in [0.2, 0.25) is 5.02 Å². The van der Waals surface area contributed by atoms with Crippen molar-refractivity contribution in [2.24, 2.45) is 5.92 Å². The molecule has 0 radical (unpaired) electrons. The Kier molecular flexibility index (Phi) is 4.53. The summed E-state index contributed by atoms with van der Waals surface area (Å²) >= 11 is 5.90. The second-order valence-corrected chi connectivity index (χ2v) is 8.35. The molecule has 1 N–H and O–H groups in total. The third-order valence-electron chi connectivity index (χ3n) is 5.89. The number of rotatable bonds is 5. The van der Waals surface area contributed by atoms with Crippen LogP contribution >= 0.6 is 11.6 Å². The molecule has 0 unspecified atom stereocenters. The highest BCUT2D eigenvalue weighted by Crippen LogP contribution is 2.42. The van der Waals surface area contributed by atoms with Crippen molar-refractivity contribution in [1.82, 2.24) is 14.8 Å². The Labute approximate surface area is 172 Å². The minimum Gasteiger partial charge on any atom is -0.323 e. The lowest BCUT2D eigenvalue weighted by Gasteiger charge is -2.20. The number of aromatic nitrogens is 1. The average molecular weight is 418 g/mol. The van der Waals surface area contributed by atoms with E-state index >= 15 is 0 Å². The van der Waals surface area contributed by atoms with Gasteiger partial charge in [0.05, 0.1) is 11.6 Å². The van der Waals surface area contributed by atoms with Crippen molar-refractivity contribution >= 4 is 29.3 Å². The molecule has 1 aromatic heterocycles. The molecule has 0 bridgehead atoms. The molecule has 0 spiro atoms. The van der Waals surface area contributed by atoms with Gasteiger partial charge >= 0.3 is 6.03 Å². The zero-order valence-electron chi connectivity index (χ0n) is 16.4. The lowest BCUT2D eigenvalue weighted by molar-refractivity contribution is -0.131. The lowest BCUT2D eigenvalue weighted by atomic mass is 9.96. The third-order valence-corrected chi connectivity index (χ3v) is 6.18. The van der Waals surface area contributed by atoms with Crippen molar-refractivity contribution < 1.29 is 18.8 Å². The van der Waals surface area contributed by atoms with Gasteiger partial charge < -0.3 is 9.88 Å². The molecule has 29 heavy (non-hydrogen) atoms. The van der Waals surface area contributed by atoms with Gasteiger partial charge in [-0.3, -0.25) is 14.5 Å². The summed E-state index contributed by atoms with van der Waals surface area (Å²) in [5.74, 6) is -1.07. The molecule has 1 atom stereocenters. The molecule has 1 aliphatic carbocycles. The van der Waals surface area contributed by atoms with Gasteiger partial charge in [0.1, 0.15) is 11.4 Å². The number of imide groups is 1. The number of aryl methyl sites for hydroxylation is 1. The third kappa shape index (κ3) is 3.13. The Hall–Kier alpha value is -2.67. The predicted molar refractivity (Wildman–Crippen MR) is 106 cm³/mol. The van der Waals surface area contributed by atoms with Crippen LogP contribution in [0.1, 0.15) is 41.5 Å². The SMILES string of the molecule is Cc1cc(C(=O)CN2C(=O)N[C@@](C)(C3CC3)C2=O)c(C)n1-c1ccc(F)c(Cl)c1. The summed E-state index contributed by atoms with van der Waals surface area (Å²) in [5.41, 5.74) is 1.50. The van der Waals surface area contributed by atoms with E-state index in [0.717, 1.165) is 23.4 Å². The summed E-state index contributed by atoms with van der Waals surface area (Å²) < 4.78 is 15.3. The number of benzene rings is 1. The van der Waals surface area contributed by atoms with Crippen LogP contribution < -0.4 is 5.32 Å². The molecular formula is C21H21ClFN3O3. The summed E-state index contributed by atoms with van der Waals surface area (Å²) in [7, 11) is 0. The molecule has 1 saturated heterocycles. The minimum absolute atomic E-state index is 0.0124. The van der Waals surface area contributed by atoms with Crippen LogP contribution in [-0.4, -0.2) is 39.3 Å². The Morgan fingerprint density at radius 2 is 1.97 bits per heavy atom. The van der Waals surface area contributed by atoms with Crippen LogP contribution in [0.15, 0.2) is 24.3 Å². The Bertz CT molecular complexity index is 1060. The van der Waals surface area contributed by atoms with Gasteiger partial charge in [0.15, 0.2) is 5.78 Å². The highest BCUT2D eigenvalue weighted by atomic mass is 35.5. The topological polar surface area (TPSA) is 71.4 Å². The van der Waals surface area contributed by atoms with E-state index in [1.807, 2.05) is 6.92 Å². The molecule has 6 nitrogen and oxygen atoms in total. The van der Waals surface area contributed by atoms with E-state index in [1.54, 1.807) is 30.5 Å². The fourth-order valence-corrected chi connectivity index (χ4v) is 4.27. The number of halogens is 2. The van der Waals surface area contributed by atoms with Gasteiger partial charge in [-0.1, -0.05) is 11.6 Å². The fraction of sp³-hybridized carbons (Fsp3) is 0.381. The zero-order chi connectivity index (χ0) is 21.1. The van der Waals surface area contributed by atoms with Crippen LogP contribution in [-0.2, 0) is 4.79 Å². The van der Waals surface area contributed by atoms with Crippen molar-refractivity contribution in [3.05, 3.63) is 52.1 Å². The predicted octanol–water partition coefficient (Wildman–Crippen LogP) is 3.79. The van der Waals surface area contributed by atoms with Gasteiger partial charge in [-0.25, -0.2) is 9.18 Å². The molecule has 2 aliphatic rings. The number of carbonyl (C=O) groups excluding carboxylic acids is 3. The van der Waals surface area contributed by atoms with E-state index in [1.165, 1.54) is 12.1 Å². The number of amides is 3. The summed E-state index contributed by atoms with van der Waals surface area (Å²) in [6.07, 6.45) is 1.79. The molecule has 2 fully saturated rings. The fourth-order valence-electron chi connectivity index (χ4n) is 4.09. The molecule has 8 heteroatoms. The van der Waals surface area contributed by atoms with E-state index < -0.39 is 17.4 Å². The van der Waals surface area contributed by atoms with Crippen molar-refractivity contribution in [3.63, 3.8) is 0 Å². The summed E-state index contributed by atoms with van der Waals surface area (Å²) in [5, 5.41) is 2.73. The van der Waals surface area contributed by atoms with Gasteiger partial charge in [0.25, 0.3) is 5.91 Å². The molecule has 1 saturated carbocycles. The first kappa shape index (κ1) is 19.6. The summed E-state index contributed by atoms with van der Waals surface area (Å²) in [6, 6.07) is 5.51. The maximum atomic E-state index is 13.5. The zero-order valence-corrected chi connectivity index (χ0v) is 17.1. The Morgan fingerprint density at radius 1 is 1.28 bits per heavy atom. The number of nitrogens with one attached hydrogen (secondary N) is 1. The Morgan fingerprint density at radius 3 is 2.59 bits per heavy atom. The van der Waals surface area contributed by atoms with Crippen LogP contribution in [0, 0.1) is 25.6 Å². The maximum Gasteiger partial charge on any atom is 0.325 e. The van der Waals surface area contributed by atoms with E-state index in [9.17, 15) is 18.8 Å². The standard InChI is InChI=1S/C21H21ClFN3O3/c1-11-8-15(12(2)26(11)14-6-7-17(23)16(22)9-14)18(27)10-25-19(28)21(3,13-4-5-13)24-20(25)29/h6-9,13H,4-5,10H2,1-3H3,(H,24,29)/t21-/m0/s1. The van der Waals surface area contributed by atoms with Crippen LogP contribution in [0.5, 0.6) is 0 Å². The quantitative estimate of drug-likeness (QED) is 0.594. The first-order valence-electron chi connectivity index (χ1n) is 9.45. The average Bonchev–Trinajstić information content (AvgIpc) is 3.44. The minimum atomic E-state index is -0.918. The second-order valence-electron chi connectivity index (χ2n) is 7.94. The molecule has 2 heterocycles. The van der Waals surface area contributed by atoms with Crippen LogP contribution in [0.25, 0.3) is 5.69 Å². The first-order chi connectivity index (χ1) is 13.6. The normalized spacial score (nSPS) is 21.6. The van der Waals surface area contributed by atoms with E-state index in [0.29, 0.717) is 16.9 Å². The van der Waals surface area contributed by atoms with Gasteiger partial charge in [-0.2, -0.15) is 0 Å². The monoisotopic (exact) mass is 417 g/mol. The van der Waals surface area contributed by atoms with Crippen LogP contribution in [0.4, 0.5) is 9.18 Å². The highest BCUT2D eigenvalue weighted by Gasteiger charge is 2.56. The van der Waals surface area contributed by atoms with Crippen molar-refractivity contribution in [2.45, 2.75) is 39.2 Å². The van der Waals surface area contributed by atoms with Crippen molar-refractivity contribution in [1.29, 1.82) is 0 Å². The second kappa shape index (κ2) is 6.69. The van der Waals surface area contributed by atoms with Crippen molar-refractivity contribution in [3.8, 4) is 5.69 Å². The summed E-state index contributed by atoms with van der Waals surface area (Å²) in [4.78, 5) is 39.1. The summed E-state index contributed by atoms with van der Waals surface area (Å²) in [6.45, 7) is 4.98. The lowest BCUT2D eigenvalue weighted by Crippen LogP contribution is -2.46.